The third-order valence-corrected chi connectivity index (χ3v) is 7.71. The van der Waals surface area contributed by atoms with Crippen molar-refractivity contribution in [3.05, 3.63) is 0 Å². The van der Waals surface area contributed by atoms with Gasteiger partial charge in [-0.25, -0.2) is 0 Å². The Balaban J connectivity index is 2.82. The van der Waals surface area contributed by atoms with Crippen molar-refractivity contribution in [2.24, 2.45) is 0 Å². The average molecular weight is 201 g/mol. The van der Waals surface area contributed by atoms with Gasteiger partial charge in [0.05, 0.1) is 0 Å². The minimum atomic E-state index is 0.149. The Morgan fingerprint density at radius 3 is 1.77 bits per heavy atom. The zero-order chi connectivity index (χ0) is 10.3. The van der Waals surface area contributed by atoms with Crippen LogP contribution in [0.3, 0.4) is 0 Å². The van der Waals surface area contributed by atoms with E-state index in [0.29, 0.717) is 10.3 Å². The Morgan fingerprint density at radius 1 is 1.08 bits per heavy atom. The molecule has 0 unspecified atom stereocenters. The highest BCUT2D eigenvalue weighted by Gasteiger charge is 2.43. The molecule has 0 aromatic heterocycles. The summed E-state index contributed by atoms with van der Waals surface area (Å²) in [4.78, 5) is 0. The Labute approximate surface area is 84.4 Å². The van der Waals surface area contributed by atoms with Gasteiger partial charge in [-0.1, -0.05) is 35.6 Å². The molecule has 0 aromatic rings. The highest BCUT2D eigenvalue weighted by Crippen LogP contribution is 2.63. The van der Waals surface area contributed by atoms with Crippen molar-refractivity contribution in [3.8, 4) is 0 Å². The first-order chi connectivity index (χ1) is 5.79. The van der Waals surface area contributed by atoms with E-state index in [9.17, 15) is 0 Å². The summed E-state index contributed by atoms with van der Waals surface area (Å²) in [5, 5.41) is 4.54. The van der Waals surface area contributed by atoms with E-state index < -0.39 is 0 Å². The lowest BCUT2D eigenvalue weighted by molar-refractivity contribution is 0.372. The lowest BCUT2D eigenvalue weighted by atomic mass is 9.93. The lowest BCUT2D eigenvalue weighted by Crippen LogP contribution is -2.46. The predicted molar refractivity (Wildman–Crippen MR) is 63.1 cm³/mol. The molecule has 1 rings (SSSR count). The fourth-order valence-electron chi connectivity index (χ4n) is 2.58. The quantitative estimate of drug-likeness (QED) is 0.643. The van der Waals surface area contributed by atoms with E-state index in [0.717, 1.165) is 6.04 Å². The molecule has 78 valence electrons. The van der Waals surface area contributed by atoms with E-state index in [1.807, 2.05) is 0 Å². The number of rotatable bonds is 1. The zero-order valence-corrected chi connectivity index (χ0v) is 10.8. The molecule has 0 amide bonds. The standard InChI is InChI=1S/C11H24NP/c1-10(2)7-9(12-5)8-11(3,4)13(10)6/h9,12H,7-8H2,1-6H3. The van der Waals surface area contributed by atoms with Crippen LogP contribution in [0, 0.1) is 0 Å². The van der Waals surface area contributed by atoms with E-state index in [2.05, 4.69) is 46.7 Å². The minimum Gasteiger partial charge on any atom is -0.317 e. The van der Waals surface area contributed by atoms with Crippen LogP contribution in [-0.2, 0) is 0 Å². The van der Waals surface area contributed by atoms with E-state index >= 15 is 0 Å². The van der Waals surface area contributed by atoms with Crippen LogP contribution in [-0.4, -0.2) is 30.1 Å². The summed E-state index contributed by atoms with van der Waals surface area (Å²) >= 11 is 0. The highest BCUT2D eigenvalue weighted by atomic mass is 31.1. The topological polar surface area (TPSA) is 12.0 Å². The van der Waals surface area contributed by atoms with E-state index in [1.54, 1.807) is 0 Å². The molecule has 1 nitrogen and oxygen atoms in total. The fraction of sp³-hybridized carbons (Fsp3) is 1.00. The molecule has 1 aliphatic rings. The Hall–Kier alpha value is 0.390. The van der Waals surface area contributed by atoms with Crippen molar-refractivity contribution < 1.29 is 0 Å². The predicted octanol–water partition coefficient (Wildman–Crippen LogP) is 3.04. The van der Waals surface area contributed by atoms with Crippen LogP contribution in [0.4, 0.5) is 0 Å². The molecular formula is C11H24NP. The Kier molecular flexibility index (Phi) is 3.10. The van der Waals surface area contributed by atoms with Gasteiger partial charge in [-0.05, 0) is 36.9 Å². The lowest BCUT2D eigenvalue weighted by Gasteiger charge is -2.51. The molecule has 13 heavy (non-hydrogen) atoms. The molecule has 1 aliphatic heterocycles. The van der Waals surface area contributed by atoms with E-state index in [-0.39, 0.29) is 7.92 Å². The fourth-order valence-corrected chi connectivity index (χ4v) is 5.20. The first-order valence-electron chi connectivity index (χ1n) is 5.21. The van der Waals surface area contributed by atoms with Crippen molar-refractivity contribution in [1.29, 1.82) is 0 Å². The Morgan fingerprint density at radius 2 is 1.46 bits per heavy atom. The van der Waals surface area contributed by atoms with Gasteiger partial charge in [0.2, 0.25) is 0 Å². The maximum absolute atomic E-state index is 3.45. The van der Waals surface area contributed by atoms with Crippen LogP contribution in [0.1, 0.15) is 40.5 Å². The molecule has 1 saturated heterocycles. The van der Waals surface area contributed by atoms with Gasteiger partial charge in [0.15, 0.2) is 0 Å². The van der Waals surface area contributed by atoms with Gasteiger partial charge in [0.25, 0.3) is 0 Å². The smallest absolute Gasteiger partial charge is 0.00810 e. The van der Waals surface area contributed by atoms with Crippen LogP contribution in [0.2, 0.25) is 0 Å². The summed E-state index contributed by atoms with van der Waals surface area (Å²) in [7, 11) is 2.25. The van der Waals surface area contributed by atoms with Crippen molar-refractivity contribution in [3.63, 3.8) is 0 Å². The van der Waals surface area contributed by atoms with Gasteiger partial charge >= 0.3 is 0 Å². The first-order valence-corrected chi connectivity index (χ1v) is 7.00. The molecule has 0 aromatic carbocycles. The number of nitrogens with one attached hydrogen (secondary N) is 1. The van der Waals surface area contributed by atoms with Crippen molar-refractivity contribution >= 4 is 7.92 Å². The Bertz CT molecular complexity index is 169. The maximum atomic E-state index is 3.45. The molecule has 0 aliphatic carbocycles. The molecule has 2 heteroatoms. The molecular weight excluding hydrogens is 177 g/mol. The third kappa shape index (κ3) is 2.25. The summed E-state index contributed by atoms with van der Waals surface area (Å²) in [6, 6.07) is 0.726. The van der Waals surface area contributed by atoms with Crippen molar-refractivity contribution in [2.45, 2.75) is 56.9 Å². The van der Waals surface area contributed by atoms with Crippen LogP contribution in [0.5, 0.6) is 0 Å². The van der Waals surface area contributed by atoms with E-state index in [4.69, 9.17) is 0 Å². The van der Waals surface area contributed by atoms with Gasteiger partial charge in [-0.15, -0.1) is 0 Å². The first kappa shape index (κ1) is 11.5. The second-order valence-electron chi connectivity index (χ2n) is 5.58. The molecule has 0 atom stereocenters. The third-order valence-electron chi connectivity index (χ3n) is 3.72. The largest absolute Gasteiger partial charge is 0.317 e. The summed E-state index contributed by atoms with van der Waals surface area (Å²) in [5.74, 6) is 0. The summed E-state index contributed by atoms with van der Waals surface area (Å²) in [6.45, 7) is 12.2. The molecule has 0 spiro atoms. The molecule has 1 fully saturated rings. The summed E-state index contributed by atoms with van der Waals surface area (Å²) < 4.78 is 0. The maximum Gasteiger partial charge on any atom is 0.00810 e. The number of hydrogen-bond acceptors (Lipinski definition) is 1. The van der Waals surface area contributed by atoms with Crippen LogP contribution < -0.4 is 5.32 Å². The monoisotopic (exact) mass is 201 g/mol. The van der Waals surface area contributed by atoms with Gasteiger partial charge < -0.3 is 5.32 Å². The normalized spacial score (nSPS) is 37.4. The van der Waals surface area contributed by atoms with Crippen LogP contribution >= 0.6 is 7.92 Å². The van der Waals surface area contributed by atoms with Gasteiger partial charge in [0, 0.05) is 6.04 Å². The SMILES string of the molecule is CNC1CC(C)(C)P(C)C(C)(C)C1. The minimum absolute atomic E-state index is 0.149. The molecule has 0 saturated carbocycles. The summed E-state index contributed by atoms with van der Waals surface area (Å²) in [5.41, 5.74) is 0. The van der Waals surface area contributed by atoms with Crippen LogP contribution in [0.25, 0.3) is 0 Å². The molecule has 1 heterocycles. The zero-order valence-electron chi connectivity index (χ0n) is 9.94. The van der Waals surface area contributed by atoms with Gasteiger partial charge in [-0.3, -0.25) is 0 Å². The summed E-state index contributed by atoms with van der Waals surface area (Å²) in [6.07, 6.45) is 2.68. The average Bonchev–Trinajstić information content (AvgIpc) is 1.99. The van der Waals surface area contributed by atoms with Crippen LogP contribution in [0.15, 0.2) is 0 Å². The highest BCUT2D eigenvalue weighted by molar-refractivity contribution is 7.60. The second-order valence-corrected chi connectivity index (χ2v) is 9.12. The van der Waals surface area contributed by atoms with Crippen molar-refractivity contribution in [2.75, 3.05) is 13.7 Å². The van der Waals surface area contributed by atoms with Crippen molar-refractivity contribution in [1.82, 2.24) is 5.32 Å². The van der Waals surface area contributed by atoms with E-state index in [1.165, 1.54) is 12.8 Å². The molecule has 1 N–H and O–H groups in total. The van der Waals surface area contributed by atoms with Gasteiger partial charge in [0.1, 0.15) is 0 Å². The van der Waals surface area contributed by atoms with Gasteiger partial charge in [-0.2, -0.15) is 0 Å². The number of hydrogen-bond donors (Lipinski definition) is 1. The second kappa shape index (κ2) is 3.51. The molecule has 0 radical (unpaired) electrons. The molecule has 0 bridgehead atoms.